The van der Waals surface area contributed by atoms with Crippen LogP contribution in [0, 0.1) is 0 Å². The first kappa shape index (κ1) is 13.4. The second-order valence-electron chi connectivity index (χ2n) is 5.92. The van der Waals surface area contributed by atoms with Crippen LogP contribution in [0.2, 0.25) is 0 Å². The molecule has 3 nitrogen and oxygen atoms in total. The largest absolute Gasteiger partial charge is 0.497 e. The maximum atomic E-state index is 5.37. The smallest absolute Gasteiger partial charge is 0.121 e. The van der Waals surface area contributed by atoms with Gasteiger partial charge in [0, 0.05) is 24.6 Å². The summed E-state index contributed by atoms with van der Waals surface area (Å²) in [7, 11) is 1.71. The van der Waals surface area contributed by atoms with Crippen LogP contribution in [0.25, 0.3) is 0 Å². The van der Waals surface area contributed by atoms with Gasteiger partial charge in [-0.1, -0.05) is 36.4 Å². The Labute approximate surface area is 131 Å². The molecule has 1 fully saturated rings. The number of piperidine rings is 1. The standard InChI is InChI=1S/C19H20N2O/c1-22-15-10-11-16-17(13-15)20-18-9-5-6-12-21(18)19(16)14-7-3-2-4-8-14/h2-4,7-8,10-11,13,19H,5-6,9,12H2,1H3. The summed E-state index contributed by atoms with van der Waals surface area (Å²) >= 11 is 0. The van der Waals surface area contributed by atoms with Crippen LogP contribution in [-0.2, 0) is 0 Å². The van der Waals surface area contributed by atoms with E-state index in [1.54, 1.807) is 7.11 Å². The minimum Gasteiger partial charge on any atom is -0.497 e. The molecule has 4 rings (SSSR count). The number of fused-ring (bicyclic) bond motifs is 2. The lowest BCUT2D eigenvalue weighted by Gasteiger charge is -2.41. The Morgan fingerprint density at radius 2 is 1.95 bits per heavy atom. The zero-order chi connectivity index (χ0) is 14.9. The lowest BCUT2D eigenvalue weighted by molar-refractivity contribution is 0.313. The van der Waals surface area contributed by atoms with E-state index >= 15 is 0 Å². The van der Waals surface area contributed by atoms with E-state index in [2.05, 4.69) is 47.4 Å². The van der Waals surface area contributed by atoms with Gasteiger partial charge < -0.3 is 9.64 Å². The average molecular weight is 292 g/mol. The zero-order valence-electron chi connectivity index (χ0n) is 12.8. The second kappa shape index (κ2) is 5.48. The Balaban J connectivity index is 1.87. The van der Waals surface area contributed by atoms with E-state index in [0.717, 1.165) is 24.4 Å². The predicted molar refractivity (Wildman–Crippen MR) is 88.9 cm³/mol. The predicted octanol–water partition coefficient (Wildman–Crippen LogP) is 4.31. The second-order valence-corrected chi connectivity index (χ2v) is 5.92. The van der Waals surface area contributed by atoms with E-state index in [1.807, 2.05) is 6.07 Å². The normalized spacial score (nSPS) is 20.0. The summed E-state index contributed by atoms with van der Waals surface area (Å²) in [6.45, 7) is 1.09. The summed E-state index contributed by atoms with van der Waals surface area (Å²) in [5.74, 6) is 2.10. The highest BCUT2D eigenvalue weighted by Gasteiger charge is 2.32. The first-order valence-corrected chi connectivity index (χ1v) is 7.94. The van der Waals surface area contributed by atoms with Crippen LogP contribution in [0.5, 0.6) is 5.75 Å². The third-order valence-corrected chi connectivity index (χ3v) is 4.59. The van der Waals surface area contributed by atoms with E-state index in [9.17, 15) is 0 Å². The van der Waals surface area contributed by atoms with Crippen molar-refractivity contribution in [1.29, 1.82) is 0 Å². The molecule has 0 N–H and O–H groups in total. The number of benzene rings is 2. The summed E-state index contributed by atoms with van der Waals surface area (Å²) in [6, 6.07) is 17.3. The van der Waals surface area contributed by atoms with Crippen molar-refractivity contribution >= 4 is 11.5 Å². The number of hydrogen-bond donors (Lipinski definition) is 0. The summed E-state index contributed by atoms with van der Waals surface area (Å²) in [4.78, 5) is 7.39. The highest BCUT2D eigenvalue weighted by Crippen LogP contribution is 2.42. The molecule has 2 aliphatic heterocycles. The van der Waals surface area contributed by atoms with Crippen LogP contribution in [0.1, 0.15) is 36.4 Å². The Morgan fingerprint density at radius 1 is 1.09 bits per heavy atom. The molecule has 1 saturated heterocycles. The maximum absolute atomic E-state index is 5.37. The fourth-order valence-electron chi connectivity index (χ4n) is 3.52. The first-order chi connectivity index (χ1) is 10.9. The summed E-state index contributed by atoms with van der Waals surface area (Å²) in [5.41, 5.74) is 3.67. The molecule has 0 amide bonds. The third-order valence-electron chi connectivity index (χ3n) is 4.59. The van der Waals surface area contributed by atoms with Crippen molar-refractivity contribution in [2.75, 3.05) is 13.7 Å². The van der Waals surface area contributed by atoms with Crippen molar-refractivity contribution in [2.45, 2.75) is 25.3 Å². The van der Waals surface area contributed by atoms with Gasteiger partial charge in [-0.3, -0.25) is 0 Å². The molecular weight excluding hydrogens is 272 g/mol. The molecule has 1 unspecified atom stereocenters. The van der Waals surface area contributed by atoms with Crippen LogP contribution < -0.4 is 4.74 Å². The van der Waals surface area contributed by atoms with E-state index in [-0.39, 0.29) is 6.04 Å². The molecule has 2 aliphatic rings. The maximum Gasteiger partial charge on any atom is 0.121 e. The molecule has 22 heavy (non-hydrogen) atoms. The number of rotatable bonds is 2. The van der Waals surface area contributed by atoms with Crippen molar-refractivity contribution in [3.63, 3.8) is 0 Å². The molecular formula is C19H20N2O. The number of nitrogens with zero attached hydrogens (tertiary/aromatic N) is 2. The number of methoxy groups -OCH3 is 1. The highest BCUT2D eigenvalue weighted by molar-refractivity contribution is 5.89. The van der Waals surface area contributed by atoms with Crippen molar-refractivity contribution in [3.05, 3.63) is 59.7 Å². The fourth-order valence-corrected chi connectivity index (χ4v) is 3.52. The van der Waals surface area contributed by atoms with Crippen LogP contribution in [0.15, 0.2) is 53.5 Å². The van der Waals surface area contributed by atoms with Crippen molar-refractivity contribution in [2.24, 2.45) is 4.99 Å². The van der Waals surface area contributed by atoms with Crippen LogP contribution >= 0.6 is 0 Å². The van der Waals surface area contributed by atoms with Crippen LogP contribution in [0.3, 0.4) is 0 Å². The van der Waals surface area contributed by atoms with Gasteiger partial charge in [-0.05, 0) is 24.5 Å². The lowest BCUT2D eigenvalue weighted by atomic mass is 9.91. The molecule has 3 heteroatoms. The summed E-state index contributed by atoms with van der Waals surface area (Å²) < 4.78 is 5.37. The molecule has 2 heterocycles. The topological polar surface area (TPSA) is 24.8 Å². The van der Waals surface area contributed by atoms with Gasteiger partial charge >= 0.3 is 0 Å². The van der Waals surface area contributed by atoms with E-state index in [0.29, 0.717) is 0 Å². The molecule has 0 aromatic heterocycles. The van der Waals surface area contributed by atoms with E-state index < -0.39 is 0 Å². The molecule has 2 aromatic rings. The molecule has 1 atom stereocenters. The SMILES string of the molecule is COc1ccc2c(c1)N=C1CCCCN1C2c1ccccc1. The minimum atomic E-state index is 0.273. The minimum absolute atomic E-state index is 0.273. The van der Waals surface area contributed by atoms with Gasteiger partial charge in [0.05, 0.1) is 18.8 Å². The Bertz CT molecular complexity index is 709. The average Bonchev–Trinajstić information content (AvgIpc) is 2.59. The Hall–Kier alpha value is -2.29. The van der Waals surface area contributed by atoms with Crippen molar-refractivity contribution < 1.29 is 4.74 Å². The molecule has 2 aromatic carbocycles. The number of ether oxygens (including phenoxy) is 1. The third kappa shape index (κ3) is 2.17. The molecule has 0 spiro atoms. The zero-order valence-corrected chi connectivity index (χ0v) is 12.8. The van der Waals surface area contributed by atoms with Gasteiger partial charge in [0.1, 0.15) is 11.6 Å². The highest BCUT2D eigenvalue weighted by atomic mass is 16.5. The Kier molecular flexibility index (Phi) is 3.34. The number of hydrogen-bond acceptors (Lipinski definition) is 3. The van der Waals surface area contributed by atoms with E-state index in [4.69, 9.17) is 9.73 Å². The van der Waals surface area contributed by atoms with Gasteiger partial charge in [0.15, 0.2) is 0 Å². The molecule has 112 valence electrons. The molecule has 0 aliphatic carbocycles. The number of aliphatic imine (C=N–C) groups is 1. The van der Waals surface area contributed by atoms with Gasteiger partial charge in [0.25, 0.3) is 0 Å². The van der Waals surface area contributed by atoms with Gasteiger partial charge in [0.2, 0.25) is 0 Å². The quantitative estimate of drug-likeness (QED) is 0.823. The van der Waals surface area contributed by atoms with Crippen LogP contribution in [0.4, 0.5) is 5.69 Å². The summed E-state index contributed by atoms with van der Waals surface area (Å²) in [5, 5.41) is 0. The molecule has 0 bridgehead atoms. The molecule has 0 saturated carbocycles. The van der Waals surface area contributed by atoms with Crippen LogP contribution in [-0.4, -0.2) is 24.4 Å². The Morgan fingerprint density at radius 3 is 2.77 bits per heavy atom. The monoisotopic (exact) mass is 292 g/mol. The first-order valence-electron chi connectivity index (χ1n) is 7.94. The fraction of sp³-hybridized carbons (Fsp3) is 0.316. The van der Waals surface area contributed by atoms with E-state index in [1.165, 1.54) is 29.8 Å². The molecule has 0 radical (unpaired) electrons. The summed E-state index contributed by atoms with van der Waals surface area (Å²) in [6.07, 6.45) is 3.55. The van der Waals surface area contributed by atoms with Crippen molar-refractivity contribution in [1.82, 2.24) is 4.90 Å². The lowest BCUT2D eigenvalue weighted by Crippen LogP contribution is -2.40. The van der Waals surface area contributed by atoms with Gasteiger partial charge in [-0.15, -0.1) is 0 Å². The van der Waals surface area contributed by atoms with Gasteiger partial charge in [-0.2, -0.15) is 0 Å². The van der Waals surface area contributed by atoms with Crippen molar-refractivity contribution in [3.8, 4) is 5.75 Å². The van der Waals surface area contributed by atoms with Gasteiger partial charge in [-0.25, -0.2) is 4.99 Å². The number of amidine groups is 1.